The summed E-state index contributed by atoms with van der Waals surface area (Å²) in [6.07, 6.45) is -4.55. The first-order valence-corrected chi connectivity index (χ1v) is 4.23. The zero-order valence-corrected chi connectivity index (χ0v) is 8.04. The van der Waals surface area contributed by atoms with Crippen LogP contribution in [0.25, 0.3) is 5.65 Å². The van der Waals surface area contributed by atoms with Crippen molar-refractivity contribution in [3.8, 4) is 0 Å². The molecular weight excluding hydrogens is 265 g/mol. The molecule has 0 fully saturated rings. The van der Waals surface area contributed by atoms with Gasteiger partial charge >= 0.3 is 6.18 Å². The van der Waals surface area contributed by atoms with Crippen LogP contribution in [-0.2, 0) is 6.18 Å². The molecule has 0 saturated heterocycles. The maximum Gasteiger partial charge on any atom is 0.453 e. The molecule has 2 heterocycles. The molecule has 14 heavy (non-hydrogen) atoms. The largest absolute Gasteiger partial charge is 0.453 e. The topological polar surface area (TPSA) is 43.1 Å². The molecule has 0 radical (unpaired) electrons. The lowest BCUT2D eigenvalue weighted by atomic mass is 10.5. The van der Waals surface area contributed by atoms with Gasteiger partial charge in [-0.1, -0.05) is 0 Å². The molecule has 0 aromatic carbocycles. The first-order chi connectivity index (χ1) is 6.48. The van der Waals surface area contributed by atoms with Gasteiger partial charge in [-0.05, 0) is 28.1 Å². The van der Waals surface area contributed by atoms with Crippen LogP contribution in [0.3, 0.4) is 0 Å². The second-order valence-electron chi connectivity index (χ2n) is 2.45. The molecule has 0 aliphatic rings. The Labute approximate surface area is 83.9 Å². The third-order valence-corrected chi connectivity index (χ3v) is 1.91. The van der Waals surface area contributed by atoms with Crippen LogP contribution in [0.2, 0.25) is 0 Å². The van der Waals surface area contributed by atoms with Crippen molar-refractivity contribution in [3.63, 3.8) is 0 Å². The van der Waals surface area contributed by atoms with Crippen LogP contribution in [0.15, 0.2) is 16.7 Å². The lowest BCUT2D eigenvalue weighted by Gasteiger charge is -2.02. The summed E-state index contributed by atoms with van der Waals surface area (Å²) < 4.78 is 37.8. The minimum Gasteiger partial charge on any atom is -0.188 e. The Hall–Kier alpha value is -1.18. The normalized spacial score (nSPS) is 12.3. The van der Waals surface area contributed by atoms with Crippen molar-refractivity contribution in [2.45, 2.75) is 6.18 Å². The molecule has 4 nitrogen and oxygen atoms in total. The van der Waals surface area contributed by atoms with E-state index < -0.39 is 12.0 Å². The van der Waals surface area contributed by atoms with E-state index in [9.17, 15) is 13.2 Å². The fourth-order valence-corrected chi connectivity index (χ4v) is 1.23. The molecule has 0 unspecified atom stereocenters. The van der Waals surface area contributed by atoms with Crippen molar-refractivity contribution < 1.29 is 13.2 Å². The predicted molar refractivity (Wildman–Crippen MR) is 43.5 cm³/mol. The van der Waals surface area contributed by atoms with E-state index in [1.54, 1.807) is 0 Å². The number of rotatable bonds is 0. The van der Waals surface area contributed by atoms with Crippen LogP contribution in [0, 0.1) is 0 Å². The Bertz CT molecular complexity index is 477. The number of alkyl halides is 3. The van der Waals surface area contributed by atoms with Gasteiger partial charge in [0.05, 0.1) is 0 Å². The van der Waals surface area contributed by atoms with Crippen LogP contribution in [0.4, 0.5) is 13.2 Å². The molecule has 0 amide bonds. The van der Waals surface area contributed by atoms with Crippen LogP contribution in [-0.4, -0.2) is 19.8 Å². The van der Waals surface area contributed by atoms with Crippen LogP contribution >= 0.6 is 15.9 Å². The lowest BCUT2D eigenvalue weighted by Crippen LogP contribution is -2.12. The zero-order chi connectivity index (χ0) is 10.3. The second kappa shape index (κ2) is 2.91. The monoisotopic (exact) mass is 266 g/mol. The molecule has 0 bridgehead atoms. The fourth-order valence-electron chi connectivity index (χ4n) is 0.943. The molecule has 2 rings (SSSR count). The van der Waals surface area contributed by atoms with Gasteiger partial charge in [-0.2, -0.15) is 22.8 Å². The van der Waals surface area contributed by atoms with Gasteiger partial charge in [0.25, 0.3) is 5.82 Å². The van der Waals surface area contributed by atoms with Crippen LogP contribution in [0.5, 0.6) is 0 Å². The highest BCUT2D eigenvalue weighted by atomic mass is 79.9. The highest BCUT2D eigenvalue weighted by Crippen LogP contribution is 2.27. The molecule has 0 atom stereocenters. The maximum atomic E-state index is 12.3. The van der Waals surface area contributed by atoms with Gasteiger partial charge in [0.15, 0.2) is 5.65 Å². The van der Waals surface area contributed by atoms with Crippen LogP contribution < -0.4 is 0 Å². The summed E-state index contributed by atoms with van der Waals surface area (Å²) in [5, 5.41) is 9.94. The lowest BCUT2D eigenvalue weighted by molar-refractivity contribution is -0.146. The third-order valence-electron chi connectivity index (χ3n) is 1.48. The summed E-state index contributed by atoms with van der Waals surface area (Å²) in [5.41, 5.74) is 0.0560. The second-order valence-corrected chi connectivity index (χ2v) is 3.26. The molecule has 0 saturated carbocycles. The van der Waals surface area contributed by atoms with E-state index in [0.717, 1.165) is 0 Å². The Balaban J connectivity index is 2.73. The van der Waals surface area contributed by atoms with Gasteiger partial charge in [-0.25, -0.2) is 0 Å². The minimum absolute atomic E-state index is 0.0560. The maximum absolute atomic E-state index is 12.3. The van der Waals surface area contributed by atoms with Gasteiger partial charge in [-0.3, -0.25) is 0 Å². The summed E-state index contributed by atoms with van der Waals surface area (Å²) in [4.78, 5) is 0. The summed E-state index contributed by atoms with van der Waals surface area (Å²) in [5.74, 6) is -1.13. The molecule has 0 aliphatic heterocycles. The third kappa shape index (κ3) is 1.45. The first kappa shape index (κ1) is 9.38. The molecule has 0 spiro atoms. The van der Waals surface area contributed by atoms with Gasteiger partial charge in [0, 0.05) is 0 Å². The van der Waals surface area contributed by atoms with E-state index in [-0.39, 0.29) is 10.3 Å². The van der Waals surface area contributed by atoms with E-state index in [2.05, 4.69) is 31.2 Å². The zero-order valence-electron chi connectivity index (χ0n) is 6.46. The molecule has 0 N–H and O–H groups in total. The van der Waals surface area contributed by atoms with E-state index in [4.69, 9.17) is 0 Å². The molecule has 8 heteroatoms. The van der Waals surface area contributed by atoms with Crippen molar-refractivity contribution in [2.24, 2.45) is 0 Å². The van der Waals surface area contributed by atoms with Gasteiger partial charge in [0.1, 0.15) is 4.60 Å². The summed E-state index contributed by atoms with van der Waals surface area (Å²) >= 11 is 2.96. The van der Waals surface area contributed by atoms with E-state index in [1.165, 1.54) is 12.1 Å². The fraction of sp³-hybridized carbons (Fsp3) is 0.167. The standard InChI is InChI=1S/C6H2BrF3N4/c7-3-1-2-4-11-12-5(6(8,9)10)14(4)13-3/h1-2H. The van der Waals surface area contributed by atoms with E-state index in [0.29, 0.717) is 4.52 Å². The average molecular weight is 267 g/mol. The Morgan fingerprint density at radius 1 is 1.21 bits per heavy atom. The quantitative estimate of drug-likeness (QED) is 0.732. The average Bonchev–Trinajstić information content (AvgIpc) is 2.45. The molecule has 74 valence electrons. The number of fused-ring (bicyclic) bond motifs is 1. The van der Waals surface area contributed by atoms with Crippen molar-refractivity contribution in [3.05, 3.63) is 22.6 Å². The smallest absolute Gasteiger partial charge is 0.188 e. The van der Waals surface area contributed by atoms with Crippen LogP contribution in [0.1, 0.15) is 5.82 Å². The Kier molecular flexibility index (Phi) is 1.95. The number of aromatic nitrogens is 4. The van der Waals surface area contributed by atoms with E-state index >= 15 is 0 Å². The molecule has 2 aromatic rings. The van der Waals surface area contributed by atoms with E-state index in [1.807, 2.05) is 0 Å². The molecule has 0 aliphatic carbocycles. The number of hydrogen-bond acceptors (Lipinski definition) is 3. The summed E-state index contributed by atoms with van der Waals surface area (Å²) in [6.45, 7) is 0. The predicted octanol–water partition coefficient (Wildman–Crippen LogP) is 1.91. The Morgan fingerprint density at radius 2 is 1.93 bits per heavy atom. The highest BCUT2D eigenvalue weighted by Gasteiger charge is 2.37. The first-order valence-electron chi connectivity index (χ1n) is 3.43. The number of halogens is 4. The van der Waals surface area contributed by atoms with Crippen molar-refractivity contribution in [1.82, 2.24) is 19.8 Å². The van der Waals surface area contributed by atoms with Gasteiger partial charge < -0.3 is 0 Å². The number of nitrogens with zero attached hydrogens (tertiary/aromatic N) is 4. The SMILES string of the molecule is FC(F)(F)c1nnc2ccc(Br)nn12. The van der Waals surface area contributed by atoms with Crippen molar-refractivity contribution in [1.29, 1.82) is 0 Å². The summed E-state index contributed by atoms with van der Waals surface area (Å²) in [7, 11) is 0. The molecular formula is C6H2BrF3N4. The Morgan fingerprint density at radius 3 is 2.57 bits per heavy atom. The van der Waals surface area contributed by atoms with Crippen molar-refractivity contribution >= 4 is 21.6 Å². The van der Waals surface area contributed by atoms with Crippen molar-refractivity contribution in [2.75, 3.05) is 0 Å². The van der Waals surface area contributed by atoms with Gasteiger partial charge in [0.2, 0.25) is 0 Å². The number of hydrogen-bond donors (Lipinski definition) is 0. The summed E-state index contributed by atoms with van der Waals surface area (Å²) in [6, 6.07) is 2.88. The minimum atomic E-state index is -4.55. The van der Waals surface area contributed by atoms with Gasteiger partial charge in [-0.15, -0.1) is 10.2 Å². The molecule has 2 aromatic heterocycles. The highest BCUT2D eigenvalue weighted by molar-refractivity contribution is 9.10.